The molecule has 0 fully saturated rings. The molecule has 1 aromatic heterocycles. The van der Waals surface area contributed by atoms with Crippen LogP contribution in [0.1, 0.15) is 25.5 Å². The lowest BCUT2D eigenvalue weighted by atomic mass is 10.3. The summed E-state index contributed by atoms with van der Waals surface area (Å²) in [7, 11) is 0. The Bertz CT molecular complexity index is 531. The first kappa shape index (κ1) is 14.3. The first-order valence-corrected chi connectivity index (χ1v) is 7.73. The molecule has 0 aliphatic heterocycles. The number of aromatic nitrogens is 2. The summed E-state index contributed by atoms with van der Waals surface area (Å²) in [5.41, 5.74) is 2.92. The van der Waals surface area contributed by atoms with E-state index in [1.807, 2.05) is 31.2 Å². The van der Waals surface area contributed by atoms with Crippen molar-refractivity contribution in [1.29, 1.82) is 0 Å². The second-order valence-electron chi connectivity index (χ2n) is 4.42. The van der Waals surface area contributed by atoms with Gasteiger partial charge in [-0.05, 0) is 25.5 Å². The summed E-state index contributed by atoms with van der Waals surface area (Å²) < 4.78 is 5.55. The third-order valence-electron chi connectivity index (χ3n) is 2.81. The summed E-state index contributed by atoms with van der Waals surface area (Å²) in [5.74, 6) is 0.928. The molecule has 0 unspecified atom stereocenters. The Morgan fingerprint density at radius 2 is 1.84 bits per heavy atom. The molecule has 0 saturated heterocycles. The van der Waals surface area contributed by atoms with Crippen LogP contribution in [0.25, 0.3) is 11.0 Å². The lowest BCUT2D eigenvalue weighted by Crippen LogP contribution is -2.00. The van der Waals surface area contributed by atoms with Crippen LogP contribution in [-0.2, 0) is 4.74 Å². The molecule has 1 aromatic carbocycles. The maximum absolute atomic E-state index is 5.55. The largest absolute Gasteiger partial charge is 0.381 e. The number of thioether (sulfide) groups is 1. The molecule has 1 heterocycles. The predicted molar refractivity (Wildman–Crippen MR) is 80.7 cm³/mol. The molecular weight excluding hydrogens is 256 g/mol. The molecule has 0 bridgehead atoms. The fourth-order valence-corrected chi connectivity index (χ4v) is 2.57. The molecule has 0 spiro atoms. The summed E-state index contributed by atoms with van der Waals surface area (Å²) in [6.45, 7) is 5.82. The van der Waals surface area contributed by atoms with E-state index in [1.54, 1.807) is 11.8 Å². The molecule has 0 aliphatic rings. The highest BCUT2D eigenvalue weighted by molar-refractivity contribution is 7.99. The summed E-state index contributed by atoms with van der Waals surface area (Å²) in [6, 6.07) is 7.99. The molecule has 102 valence electrons. The average Bonchev–Trinajstić information content (AvgIpc) is 2.43. The van der Waals surface area contributed by atoms with Crippen molar-refractivity contribution in [3.8, 4) is 0 Å². The fourth-order valence-electron chi connectivity index (χ4n) is 1.75. The standard InChI is InChI=1S/C15H20N2OS/c1-3-4-9-18-10-11-19-15-12(2)16-13-7-5-6-8-14(13)17-15/h5-8H,3-4,9-11H2,1-2H3. The number of para-hydroxylation sites is 2. The van der Waals surface area contributed by atoms with Crippen molar-refractivity contribution in [2.24, 2.45) is 0 Å². The van der Waals surface area contributed by atoms with Crippen molar-refractivity contribution in [2.75, 3.05) is 19.0 Å². The maximum atomic E-state index is 5.55. The topological polar surface area (TPSA) is 35.0 Å². The monoisotopic (exact) mass is 276 g/mol. The predicted octanol–water partition coefficient (Wildman–Crippen LogP) is 3.85. The van der Waals surface area contributed by atoms with Gasteiger partial charge in [0, 0.05) is 12.4 Å². The molecule has 4 heteroatoms. The van der Waals surface area contributed by atoms with E-state index in [0.29, 0.717) is 0 Å². The first-order chi connectivity index (χ1) is 9.31. The minimum atomic E-state index is 0.776. The van der Waals surface area contributed by atoms with Gasteiger partial charge in [-0.15, -0.1) is 11.8 Å². The van der Waals surface area contributed by atoms with Gasteiger partial charge in [-0.1, -0.05) is 25.5 Å². The van der Waals surface area contributed by atoms with Crippen LogP contribution in [0.5, 0.6) is 0 Å². The Morgan fingerprint density at radius 1 is 1.11 bits per heavy atom. The molecule has 0 aliphatic carbocycles. The fraction of sp³-hybridized carbons (Fsp3) is 0.467. The summed E-state index contributed by atoms with van der Waals surface area (Å²) in [4.78, 5) is 9.23. The van der Waals surface area contributed by atoms with E-state index >= 15 is 0 Å². The van der Waals surface area contributed by atoms with Gasteiger partial charge in [0.15, 0.2) is 0 Å². The molecule has 19 heavy (non-hydrogen) atoms. The van der Waals surface area contributed by atoms with Gasteiger partial charge in [-0.2, -0.15) is 0 Å². The van der Waals surface area contributed by atoms with Crippen molar-refractivity contribution in [1.82, 2.24) is 9.97 Å². The van der Waals surface area contributed by atoms with E-state index in [2.05, 4.69) is 16.9 Å². The maximum Gasteiger partial charge on any atom is 0.118 e. The minimum Gasteiger partial charge on any atom is -0.381 e. The van der Waals surface area contributed by atoms with Gasteiger partial charge in [0.25, 0.3) is 0 Å². The molecule has 0 saturated carbocycles. The zero-order valence-electron chi connectivity index (χ0n) is 11.6. The van der Waals surface area contributed by atoms with Crippen molar-refractivity contribution >= 4 is 22.8 Å². The molecule has 0 radical (unpaired) electrons. The van der Waals surface area contributed by atoms with Gasteiger partial charge < -0.3 is 4.74 Å². The van der Waals surface area contributed by atoms with E-state index in [1.165, 1.54) is 6.42 Å². The number of fused-ring (bicyclic) bond motifs is 1. The molecule has 0 amide bonds. The molecule has 2 rings (SSSR count). The summed E-state index contributed by atoms with van der Waals surface area (Å²) in [5, 5.41) is 1.01. The van der Waals surface area contributed by atoms with Crippen LogP contribution in [0, 0.1) is 6.92 Å². The van der Waals surface area contributed by atoms with Gasteiger partial charge in [-0.25, -0.2) is 9.97 Å². The molecular formula is C15H20N2OS. The number of nitrogens with zero attached hydrogens (tertiary/aromatic N) is 2. The van der Waals surface area contributed by atoms with E-state index in [4.69, 9.17) is 4.74 Å². The molecule has 0 atom stereocenters. The Balaban J connectivity index is 1.91. The van der Waals surface area contributed by atoms with Crippen LogP contribution >= 0.6 is 11.8 Å². The molecule has 2 aromatic rings. The third-order valence-corrected chi connectivity index (χ3v) is 3.84. The summed E-state index contributed by atoms with van der Waals surface area (Å²) >= 11 is 1.72. The number of benzene rings is 1. The second kappa shape index (κ2) is 7.46. The van der Waals surface area contributed by atoms with Crippen LogP contribution in [0.15, 0.2) is 29.3 Å². The summed E-state index contributed by atoms with van der Waals surface area (Å²) in [6.07, 6.45) is 2.32. The molecule has 3 nitrogen and oxygen atoms in total. The highest BCUT2D eigenvalue weighted by atomic mass is 32.2. The van der Waals surface area contributed by atoms with Crippen LogP contribution in [0.4, 0.5) is 0 Å². The highest BCUT2D eigenvalue weighted by Crippen LogP contribution is 2.21. The lowest BCUT2D eigenvalue weighted by molar-refractivity contribution is 0.147. The van der Waals surface area contributed by atoms with Crippen molar-refractivity contribution in [2.45, 2.75) is 31.7 Å². The number of aryl methyl sites for hydroxylation is 1. The van der Waals surface area contributed by atoms with Gasteiger partial charge in [-0.3, -0.25) is 0 Å². The van der Waals surface area contributed by atoms with Crippen molar-refractivity contribution < 1.29 is 4.74 Å². The lowest BCUT2D eigenvalue weighted by Gasteiger charge is -2.06. The van der Waals surface area contributed by atoms with Crippen LogP contribution < -0.4 is 0 Å². The van der Waals surface area contributed by atoms with E-state index in [0.717, 1.165) is 47.1 Å². The number of unbranched alkanes of at least 4 members (excludes halogenated alkanes) is 1. The normalized spacial score (nSPS) is 11.1. The van der Waals surface area contributed by atoms with E-state index < -0.39 is 0 Å². The number of hydrogen-bond donors (Lipinski definition) is 0. The van der Waals surface area contributed by atoms with Gasteiger partial charge in [0.05, 0.1) is 23.3 Å². The van der Waals surface area contributed by atoms with Crippen LogP contribution in [0.3, 0.4) is 0 Å². The zero-order valence-corrected chi connectivity index (χ0v) is 12.4. The minimum absolute atomic E-state index is 0.776. The van der Waals surface area contributed by atoms with Crippen LogP contribution in [-0.4, -0.2) is 28.9 Å². The SMILES string of the molecule is CCCCOCCSc1nc2ccccc2nc1C. The zero-order chi connectivity index (χ0) is 13.5. The number of ether oxygens (including phenoxy) is 1. The Morgan fingerprint density at radius 3 is 2.58 bits per heavy atom. The second-order valence-corrected chi connectivity index (χ2v) is 5.50. The van der Waals surface area contributed by atoms with Crippen molar-refractivity contribution in [3.63, 3.8) is 0 Å². The van der Waals surface area contributed by atoms with Crippen LogP contribution in [0.2, 0.25) is 0 Å². The average molecular weight is 276 g/mol. The van der Waals surface area contributed by atoms with Crippen molar-refractivity contribution in [3.05, 3.63) is 30.0 Å². The highest BCUT2D eigenvalue weighted by Gasteiger charge is 2.05. The Hall–Kier alpha value is -1.13. The van der Waals surface area contributed by atoms with E-state index in [9.17, 15) is 0 Å². The quantitative estimate of drug-likeness (QED) is 0.568. The van der Waals surface area contributed by atoms with Gasteiger partial charge >= 0.3 is 0 Å². The first-order valence-electron chi connectivity index (χ1n) is 6.75. The Kier molecular flexibility index (Phi) is 5.61. The third kappa shape index (κ3) is 4.18. The Labute approximate surface area is 118 Å². The smallest absolute Gasteiger partial charge is 0.118 e. The number of rotatable bonds is 7. The number of hydrogen-bond acceptors (Lipinski definition) is 4. The van der Waals surface area contributed by atoms with Gasteiger partial charge in [0.2, 0.25) is 0 Å². The molecule has 0 N–H and O–H groups in total. The van der Waals surface area contributed by atoms with E-state index in [-0.39, 0.29) is 0 Å². The van der Waals surface area contributed by atoms with Gasteiger partial charge in [0.1, 0.15) is 5.03 Å².